The molecule has 0 saturated carbocycles. The molecular formula is C22H25N3O4. The minimum Gasteiger partial charge on any atom is -0.495 e. The van der Waals surface area contributed by atoms with Crippen molar-refractivity contribution in [3.05, 3.63) is 59.7 Å². The van der Waals surface area contributed by atoms with Gasteiger partial charge in [0, 0.05) is 32.7 Å². The van der Waals surface area contributed by atoms with Crippen molar-refractivity contribution in [3.63, 3.8) is 0 Å². The second-order valence-electron chi connectivity index (χ2n) is 7.38. The van der Waals surface area contributed by atoms with Crippen LogP contribution < -0.4 is 9.64 Å². The fourth-order valence-corrected chi connectivity index (χ4v) is 4.03. The Morgan fingerprint density at radius 2 is 1.48 bits per heavy atom. The normalized spacial score (nSPS) is 18.1. The molecule has 0 aromatic heterocycles. The first-order valence-corrected chi connectivity index (χ1v) is 9.82. The van der Waals surface area contributed by atoms with Gasteiger partial charge in [0.15, 0.2) is 0 Å². The van der Waals surface area contributed by atoms with Gasteiger partial charge in [-0.1, -0.05) is 24.3 Å². The lowest BCUT2D eigenvalue weighted by atomic mass is 10.1. The van der Waals surface area contributed by atoms with Crippen molar-refractivity contribution < 1.29 is 19.4 Å². The summed E-state index contributed by atoms with van der Waals surface area (Å²) < 4.78 is 5.45. The Bertz CT molecular complexity index is 873. The molecule has 1 fully saturated rings. The number of ether oxygens (including phenoxy) is 1. The maximum absolute atomic E-state index is 12.5. The number of methoxy groups -OCH3 is 1. The van der Waals surface area contributed by atoms with Gasteiger partial charge in [-0.25, -0.2) is 0 Å². The molecule has 4 rings (SSSR count). The molecule has 7 nitrogen and oxygen atoms in total. The molecule has 2 aliphatic rings. The highest BCUT2D eigenvalue weighted by molar-refractivity contribution is 6.21. The van der Waals surface area contributed by atoms with E-state index in [9.17, 15) is 14.7 Å². The van der Waals surface area contributed by atoms with E-state index in [1.165, 1.54) is 0 Å². The van der Waals surface area contributed by atoms with Gasteiger partial charge in [0.25, 0.3) is 11.8 Å². The number of fused-ring (bicyclic) bond motifs is 1. The van der Waals surface area contributed by atoms with Gasteiger partial charge in [0.1, 0.15) is 5.75 Å². The molecule has 2 amide bonds. The smallest absolute Gasteiger partial charge is 0.261 e. The number of rotatable bonds is 6. The van der Waals surface area contributed by atoms with Crippen LogP contribution >= 0.6 is 0 Å². The summed E-state index contributed by atoms with van der Waals surface area (Å²) in [6, 6.07) is 14.7. The molecule has 1 atom stereocenters. The number of hydrogen-bond donors (Lipinski definition) is 1. The molecule has 0 radical (unpaired) electrons. The highest BCUT2D eigenvalue weighted by Crippen LogP contribution is 2.28. The van der Waals surface area contributed by atoms with Crippen molar-refractivity contribution in [2.24, 2.45) is 0 Å². The number of imide groups is 1. The highest BCUT2D eigenvalue weighted by atomic mass is 16.5. The summed E-state index contributed by atoms with van der Waals surface area (Å²) in [4.78, 5) is 30.5. The number of aliphatic hydroxyl groups is 1. The Morgan fingerprint density at radius 1 is 0.897 bits per heavy atom. The number of para-hydroxylation sites is 2. The summed E-state index contributed by atoms with van der Waals surface area (Å²) in [5, 5.41) is 10.5. The minimum absolute atomic E-state index is 0.0130. The van der Waals surface area contributed by atoms with E-state index >= 15 is 0 Å². The van der Waals surface area contributed by atoms with Crippen LogP contribution in [0.5, 0.6) is 5.75 Å². The van der Waals surface area contributed by atoms with Crippen molar-refractivity contribution in [2.45, 2.75) is 6.10 Å². The van der Waals surface area contributed by atoms with E-state index in [0.29, 0.717) is 17.7 Å². The van der Waals surface area contributed by atoms with Crippen molar-refractivity contribution in [1.82, 2.24) is 9.80 Å². The maximum atomic E-state index is 12.5. The number of amides is 2. The van der Waals surface area contributed by atoms with Gasteiger partial charge in [-0.2, -0.15) is 0 Å². The number of carbonyl (C=O) groups is 2. The first kappa shape index (κ1) is 19.4. The van der Waals surface area contributed by atoms with E-state index in [1.807, 2.05) is 24.3 Å². The van der Waals surface area contributed by atoms with Crippen LogP contribution in [0.1, 0.15) is 20.7 Å². The third-order valence-corrected chi connectivity index (χ3v) is 5.54. The van der Waals surface area contributed by atoms with Crippen molar-refractivity contribution >= 4 is 17.5 Å². The fraction of sp³-hybridized carbons (Fsp3) is 0.364. The second-order valence-corrected chi connectivity index (χ2v) is 7.38. The van der Waals surface area contributed by atoms with Crippen LogP contribution in [0, 0.1) is 0 Å². The van der Waals surface area contributed by atoms with E-state index in [2.05, 4.69) is 9.80 Å². The molecule has 2 aliphatic heterocycles. The number of aliphatic hydroxyl groups excluding tert-OH is 1. The summed E-state index contributed by atoms with van der Waals surface area (Å²) in [5.74, 6) is 0.197. The molecule has 0 spiro atoms. The molecule has 0 unspecified atom stereocenters. The Hall–Kier alpha value is -2.90. The summed E-state index contributed by atoms with van der Waals surface area (Å²) in [7, 11) is 1.67. The maximum Gasteiger partial charge on any atom is 0.261 e. The predicted octanol–water partition coefficient (Wildman–Crippen LogP) is 1.47. The largest absolute Gasteiger partial charge is 0.495 e. The van der Waals surface area contributed by atoms with Gasteiger partial charge in [0.2, 0.25) is 0 Å². The summed E-state index contributed by atoms with van der Waals surface area (Å²) in [5.41, 5.74) is 1.89. The van der Waals surface area contributed by atoms with E-state index in [1.54, 1.807) is 31.4 Å². The molecule has 29 heavy (non-hydrogen) atoms. The monoisotopic (exact) mass is 395 g/mol. The first-order valence-electron chi connectivity index (χ1n) is 9.82. The van der Waals surface area contributed by atoms with Crippen molar-refractivity contribution in [1.29, 1.82) is 0 Å². The molecule has 2 aromatic carbocycles. The third-order valence-electron chi connectivity index (χ3n) is 5.54. The molecule has 0 bridgehead atoms. The Labute approximate surface area is 170 Å². The van der Waals surface area contributed by atoms with Crippen molar-refractivity contribution in [2.75, 3.05) is 51.3 Å². The van der Waals surface area contributed by atoms with Crippen LogP contribution in [0.2, 0.25) is 0 Å². The first-order chi connectivity index (χ1) is 14.1. The predicted molar refractivity (Wildman–Crippen MR) is 109 cm³/mol. The van der Waals surface area contributed by atoms with Gasteiger partial charge in [0.05, 0.1) is 36.6 Å². The number of anilines is 1. The molecule has 7 heteroatoms. The van der Waals surface area contributed by atoms with Crippen LogP contribution in [-0.4, -0.2) is 79.2 Å². The van der Waals surface area contributed by atoms with Crippen LogP contribution in [-0.2, 0) is 0 Å². The molecule has 1 saturated heterocycles. The number of carbonyl (C=O) groups excluding carboxylic acids is 2. The Kier molecular flexibility index (Phi) is 5.51. The zero-order valence-corrected chi connectivity index (χ0v) is 16.5. The second kappa shape index (κ2) is 8.23. The SMILES string of the molecule is COc1ccccc1N1CCN(C[C@@H](O)CN2C(=O)c3ccccc3C2=O)CC1. The van der Waals surface area contributed by atoms with E-state index in [4.69, 9.17) is 4.74 Å². The van der Waals surface area contributed by atoms with Crippen LogP contribution in [0.4, 0.5) is 5.69 Å². The van der Waals surface area contributed by atoms with E-state index in [0.717, 1.165) is 42.5 Å². The summed E-state index contributed by atoms with van der Waals surface area (Å²) in [6.07, 6.45) is -0.782. The number of benzene rings is 2. The lowest BCUT2D eigenvalue weighted by Gasteiger charge is -2.37. The van der Waals surface area contributed by atoms with Crippen LogP contribution in [0.25, 0.3) is 0 Å². The molecule has 1 N–H and O–H groups in total. The number of nitrogens with zero attached hydrogens (tertiary/aromatic N) is 3. The molecule has 2 aromatic rings. The highest BCUT2D eigenvalue weighted by Gasteiger charge is 2.36. The molecule has 2 heterocycles. The van der Waals surface area contributed by atoms with Gasteiger partial charge in [-0.05, 0) is 24.3 Å². The van der Waals surface area contributed by atoms with Crippen LogP contribution in [0.15, 0.2) is 48.5 Å². The zero-order valence-electron chi connectivity index (χ0n) is 16.5. The quantitative estimate of drug-likeness (QED) is 0.747. The van der Waals surface area contributed by atoms with Crippen molar-refractivity contribution in [3.8, 4) is 5.75 Å². The average molecular weight is 395 g/mol. The summed E-state index contributed by atoms with van der Waals surface area (Å²) >= 11 is 0. The van der Waals surface area contributed by atoms with Gasteiger partial charge >= 0.3 is 0 Å². The Balaban J connectivity index is 1.31. The lowest BCUT2D eigenvalue weighted by molar-refractivity contribution is 0.0469. The van der Waals surface area contributed by atoms with Gasteiger partial charge < -0.3 is 14.7 Å². The molecule has 152 valence electrons. The van der Waals surface area contributed by atoms with E-state index in [-0.39, 0.29) is 18.4 Å². The van der Waals surface area contributed by atoms with E-state index < -0.39 is 6.10 Å². The fourth-order valence-electron chi connectivity index (χ4n) is 4.03. The standard InChI is InChI=1S/C22H25N3O4/c1-29-20-9-5-4-8-19(20)24-12-10-23(11-13-24)14-16(26)15-25-21(27)17-6-2-3-7-18(17)22(25)28/h2-9,16,26H,10-15H2,1H3/t16-/m1/s1. The Morgan fingerprint density at radius 3 is 2.10 bits per heavy atom. The number of β-amino-alcohol motifs (C(OH)–C–C–N with tert-alkyl or cyclic N) is 1. The zero-order chi connectivity index (χ0) is 20.4. The molecule has 0 aliphatic carbocycles. The summed E-state index contributed by atoms with van der Waals surface area (Å²) in [6.45, 7) is 3.65. The topological polar surface area (TPSA) is 73.3 Å². The van der Waals surface area contributed by atoms with Gasteiger partial charge in [-0.15, -0.1) is 0 Å². The lowest BCUT2D eigenvalue weighted by Crippen LogP contribution is -2.50. The molecular weight excluding hydrogens is 370 g/mol. The third kappa shape index (κ3) is 3.83. The minimum atomic E-state index is -0.782. The number of hydrogen-bond acceptors (Lipinski definition) is 6. The van der Waals surface area contributed by atoms with Crippen LogP contribution in [0.3, 0.4) is 0 Å². The average Bonchev–Trinajstić information content (AvgIpc) is 2.99. The number of piperazine rings is 1. The van der Waals surface area contributed by atoms with Gasteiger partial charge in [-0.3, -0.25) is 19.4 Å².